The standard InChI is InChI=1S/C19H29N3O3S/c1-3-26(24,25)21(2)18-8-12-22(13-9-18)19(23)17-5-4-15-6-10-20-11-7-16(15)14-17/h4-5,14,18,20H,3,6-13H2,1-2H3. The average Bonchev–Trinajstić information content (AvgIpc) is 2.91. The Bertz CT molecular complexity index is 755. The van der Waals surface area contributed by atoms with Crippen LogP contribution < -0.4 is 5.32 Å². The lowest BCUT2D eigenvalue weighted by Crippen LogP contribution is -2.47. The van der Waals surface area contributed by atoms with Gasteiger partial charge in [0.25, 0.3) is 5.91 Å². The Balaban J connectivity index is 1.65. The molecule has 3 rings (SSSR count). The highest BCUT2D eigenvalue weighted by atomic mass is 32.2. The van der Waals surface area contributed by atoms with Crippen LogP contribution in [0.25, 0.3) is 0 Å². The van der Waals surface area contributed by atoms with E-state index in [-0.39, 0.29) is 17.7 Å². The Kier molecular flexibility index (Phi) is 5.99. The summed E-state index contributed by atoms with van der Waals surface area (Å²) in [5.74, 6) is 0.177. The molecule has 2 aliphatic rings. The number of hydrogen-bond donors (Lipinski definition) is 1. The number of carbonyl (C=O) groups excluding carboxylic acids is 1. The van der Waals surface area contributed by atoms with Crippen LogP contribution in [0, 0.1) is 0 Å². The summed E-state index contributed by atoms with van der Waals surface area (Å²) in [5.41, 5.74) is 3.35. The Labute approximate surface area is 156 Å². The molecular formula is C19H29N3O3S. The molecule has 1 fully saturated rings. The molecular weight excluding hydrogens is 350 g/mol. The zero-order chi connectivity index (χ0) is 18.7. The van der Waals surface area contributed by atoms with Crippen molar-refractivity contribution < 1.29 is 13.2 Å². The van der Waals surface area contributed by atoms with Crippen LogP contribution in [0.4, 0.5) is 0 Å². The van der Waals surface area contributed by atoms with E-state index in [1.165, 1.54) is 15.4 Å². The number of nitrogens with zero attached hydrogens (tertiary/aromatic N) is 2. The molecule has 0 aromatic heterocycles. The predicted octanol–water partition coefficient (Wildman–Crippen LogP) is 1.26. The van der Waals surface area contributed by atoms with Crippen LogP contribution in [0.5, 0.6) is 0 Å². The van der Waals surface area contributed by atoms with E-state index >= 15 is 0 Å². The molecule has 0 aliphatic carbocycles. The van der Waals surface area contributed by atoms with Gasteiger partial charge in [0.15, 0.2) is 0 Å². The third-order valence-corrected chi connectivity index (χ3v) is 7.57. The molecule has 26 heavy (non-hydrogen) atoms. The highest BCUT2D eigenvalue weighted by molar-refractivity contribution is 7.89. The molecule has 1 aromatic rings. The van der Waals surface area contributed by atoms with Gasteiger partial charge in [-0.3, -0.25) is 4.79 Å². The third kappa shape index (κ3) is 4.10. The topological polar surface area (TPSA) is 69.7 Å². The van der Waals surface area contributed by atoms with Crippen LogP contribution in [0.2, 0.25) is 0 Å². The first kappa shape index (κ1) is 19.3. The van der Waals surface area contributed by atoms with Gasteiger partial charge in [-0.15, -0.1) is 0 Å². The molecule has 6 nitrogen and oxygen atoms in total. The minimum absolute atomic E-state index is 0.0119. The van der Waals surface area contributed by atoms with Crippen molar-refractivity contribution in [3.05, 3.63) is 34.9 Å². The van der Waals surface area contributed by atoms with E-state index in [9.17, 15) is 13.2 Å². The minimum Gasteiger partial charge on any atom is -0.339 e. The van der Waals surface area contributed by atoms with Crippen molar-refractivity contribution in [1.82, 2.24) is 14.5 Å². The van der Waals surface area contributed by atoms with Crippen molar-refractivity contribution in [2.75, 3.05) is 39.0 Å². The van der Waals surface area contributed by atoms with Gasteiger partial charge in [-0.25, -0.2) is 12.7 Å². The number of nitrogens with one attached hydrogen (secondary N) is 1. The maximum absolute atomic E-state index is 12.9. The number of hydrogen-bond acceptors (Lipinski definition) is 4. The van der Waals surface area contributed by atoms with E-state index in [1.54, 1.807) is 14.0 Å². The number of rotatable bonds is 4. The molecule has 1 N–H and O–H groups in total. The number of amides is 1. The maximum atomic E-state index is 12.9. The van der Waals surface area contributed by atoms with Crippen LogP contribution >= 0.6 is 0 Å². The SMILES string of the molecule is CCS(=O)(=O)N(C)C1CCN(C(=O)c2ccc3c(c2)CCNCC3)CC1. The van der Waals surface area contributed by atoms with Crippen molar-refractivity contribution >= 4 is 15.9 Å². The summed E-state index contributed by atoms with van der Waals surface area (Å²) >= 11 is 0. The van der Waals surface area contributed by atoms with Gasteiger partial charge in [0.2, 0.25) is 10.0 Å². The van der Waals surface area contributed by atoms with Crippen LogP contribution in [0.1, 0.15) is 41.3 Å². The quantitative estimate of drug-likeness (QED) is 0.855. The van der Waals surface area contributed by atoms with Crippen molar-refractivity contribution in [3.8, 4) is 0 Å². The second kappa shape index (κ2) is 8.06. The Morgan fingerprint density at radius 3 is 2.50 bits per heavy atom. The van der Waals surface area contributed by atoms with Crippen LogP contribution in [0.15, 0.2) is 18.2 Å². The number of sulfonamides is 1. The molecule has 2 aliphatic heterocycles. The number of piperidine rings is 1. The summed E-state index contributed by atoms with van der Waals surface area (Å²) in [6.07, 6.45) is 3.35. The molecule has 7 heteroatoms. The van der Waals surface area contributed by atoms with Gasteiger partial charge in [0, 0.05) is 31.7 Å². The smallest absolute Gasteiger partial charge is 0.253 e. The lowest BCUT2D eigenvalue weighted by Gasteiger charge is -2.36. The van der Waals surface area contributed by atoms with E-state index < -0.39 is 10.0 Å². The zero-order valence-corrected chi connectivity index (χ0v) is 16.5. The lowest BCUT2D eigenvalue weighted by molar-refractivity contribution is 0.0686. The fourth-order valence-corrected chi connectivity index (χ4v) is 4.92. The molecule has 0 bridgehead atoms. The van der Waals surface area contributed by atoms with Crippen molar-refractivity contribution in [2.24, 2.45) is 0 Å². The maximum Gasteiger partial charge on any atom is 0.253 e. The number of fused-ring (bicyclic) bond motifs is 1. The minimum atomic E-state index is -3.18. The monoisotopic (exact) mass is 379 g/mol. The van der Waals surface area contributed by atoms with Crippen LogP contribution in [-0.2, 0) is 22.9 Å². The van der Waals surface area contributed by atoms with E-state index in [1.807, 2.05) is 17.0 Å². The third-order valence-electron chi connectivity index (χ3n) is 5.66. The number of likely N-dealkylation sites (tertiary alicyclic amines) is 1. The largest absolute Gasteiger partial charge is 0.339 e. The lowest BCUT2D eigenvalue weighted by atomic mass is 9.98. The van der Waals surface area contributed by atoms with Gasteiger partial charge in [0.1, 0.15) is 0 Å². The summed E-state index contributed by atoms with van der Waals surface area (Å²) in [7, 11) is -1.52. The van der Waals surface area contributed by atoms with E-state index in [4.69, 9.17) is 0 Å². The molecule has 0 atom stereocenters. The summed E-state index contributed by atoms with van der Waals surface area (Å²) in [6, 6.07) is 6.06. The van der Waals surface area contributed by atoms with Gasteiger partial charge in [-0.2, -0.15) is 0 Å². The Morgan fingerprint density at radius 2 is 1.85 bits per heavy atom. The molecule has 0 unspecified atom stereocenters. The van der Waals surface area contributed by atoms with Crippen molar-refractivity contribution in [1.29, 1.82) is 0 Å². The molecule has 0 radical (unpaired) electrons. The Morgan fingerprint density at radius 1 is 1.19 bits per heavy atom. The average molecular weight is 380 g/mol. The van der Waals surface area contributed by atoms with Crippen molar-refractivity contribution in [2.45, 2.75) is 38.6 Å². The molecule has 2 heterocycles. The van der Waals surface area contributed by atoms with E-state index in [0.29, 0.717) is 25.9 Å². The predicted molar refractivity (Wildman–Crippen MR) is 103 cm³/mol. The summed E-state index contributed by atoms with van der Waals surface area (Å²) in [5, 5.41) is 3.39. The van der Waals surface area contributed by atoms with E-state index in [2.05, 4.69) is 11.4 Å². The first-order chi connectivity index (χ1) is 12.4. The van der Waals surface area contributed by atoms with Gasteiger partial charge >= 0.3 is 0 Å². The second-order valence-corrected chi connectivity index (χ2v) is 9.49. The summed E-state index contributed by atoms with van der Waals surface area (Å²) < 4.78 is 25.6. The molecule has 144 valence electrons. The van der Waals surface area contributed by atoms with E-state index in [0.717, 1.165) is 31.5 Å². The fourth-order valence-electron chi connectivity index (χ4n) is 3.85. The molecule has 1 amide bonds. The first-order valence-electron chi connectivity index (χ1n) is 9.50. The summed E-state index contributed by atoms with van der Waals surface area (Å²) in [6.45, 7) is 4.81. The fraction of sp³-hybridized carbons (Fsp3) is 0.632. The highest BCUT2D eigenvalue weighted by Gasteiger charge is 2.30. The first-order valence-corrected chi connectivity index (χ1v) is 11.1. The van der Waals surface area contributed by atoms with Crippen LogP contribution in [0.3, 0.4) is 0 Å². The molecule has 1 saturated heterocycles. The second-order valence-electron chi connectivity index (χ2n) is 7.17. The van der Waals surface area contributed by atoms with Crippen molar-refractivity contribution in [3.63, 3.8) is 0 Å². The Hall–Kier alpha value is -1.44. The van der Waals surface area contributed by atoms with Gasteiger partial charge in [-0.05, 0) is 69.0 Å². The zero-order valence-electron chi connectivity index (χ0n) is 15.7. The normalized spacial score (nSPS) is 19.3. The summed E-state index contributed by atoms with van der Waals surface area (Å²) in [4.78, 5) is 14.7. The highest BCUT2D eigenvalue weighted by Crippen LogP contribution is 2.21. The van der Waals surface area contributed by atoms with Crippen LogP contribution in [-0.4, -0.2) is 68.6 Å². The molecule has 0 saturated carbocycles. The number of benzene rings is 1. The molecule has 1 aromatic carbocycles. The molecule has 0 spiro atoms. The number of carbonyl (C=O) groups is 1. The van der Waals surface area contributed by atoms with Gasteiger partial charge < -0.3 is 10.2 Å². The van der Waals surface area contributed by atoms with Gasteiger partial charge in [0.05, 0.1) is 5.75 Å². The van der Waals surface area contributed by atoms with Gasteiger partial charge in [-0.1, -0.05) is 6.07 Å².